The first-order chi connectivity index (χ1) is 17.0. The molecule has 3 aromatic rings. The van der Waals surface area contributed by atoms with Crippen molar-refractivity contribution in [2.45, 2.75) is 32.6 Å². The summed E-state index contributed by atoms with van der Waals surface area (Å²) in [7, 11) is 0. The van der Waals surface area contributed by atoms with Crippen molar-refractivity contribution < 1.29 is 14.4 Å². The first-order valence-electron chi connectivity index (χ1n) is 11.9. The zero-order valence-electron chi connectivity index (χ0n) is 19.8. The van der Waals surface area contributed by atoms with Crippen molar-refractivity contribution >= 4 is 40.5 Å². The third kappa shape index (κ3) is 7.17. The zero-order chi connectivity index (χ0) is 24.6. The summed E-state index contributed by atoms with van der Waals surface area (Å²) in [6.45, 7) is 1.99. The molecule has 0 radical (unpaired) electrons. The molecule has 1 aliphatic rings. The average Bonchev–Trinajstić information content (AvgIpc) is 3.71. The fourth-order valence-corrected chi connectivity index (χ4v) is 3.69. The van der Waals surface area contributed by atoms with Gasteiger partial charge in [0.05, 0.1) is 6.54 Å². The first-order valence-corrected chi connectivity index (χ1v) is 11.9. The Morgan fingerprint density at radius 1 is 0.743 bits per heavy atom. The Morgan fingerprint density at radius 2 is 1.37 bits per heavy atom. The maximum Gasteiger partial charge on any atom is 0.243 e. The summed E-state index contributed by atoms with van der Waals surface area (Å²) in [4.78, 5) is 36.7. The quantitative estimate of drug-likeness (QED) is 0.336. The van der Waals surface area contributed by atoms with Gasteiger partial charge in [0.2, 0.25) is 17.7 Å². The number of hydrogen-bond donors (Lipinski definition) is 4. The topological polar surface area (TPSA) is 99.3 Å². The van der Waals surface area contributed by atoms with E-state index in [1.807, 2.05) is 55.5 Å². The number of rotatable bonds is 10. The van der Waals surface area contributed by atoms with Crippen molar-refractivity contribution in [3.05, 3.63) is 83.9 Å². The lowest BCUT2D eigenvalue weighted by atomic mass is 10.1. The number of amides is 3. The normalized spacial score (nSPS) is 12.5. The first kappa shape index (κ1) is 24.0. The Hall–Kier alpha value is -4.13. The molecule has 7 heteroatoms. The summed E-state index contributed by atoms with van der Waals surface area (Å²) >= 11 is 0. The molecule has 1 aliphatic carbocycles. The fraction of sp³-hybridized carbons (Fsp3) is 0.250. The van der Waals surface area contributed by atoms with Crippen LogP contribution in [0.5, 0.6) is 0 Å². The van der Waals surface area contributed by atoms with Gasteiger partial charge in [0.1, 0.15) is 0 Å². The van der Waals surface area contributed by atoms with Crippen LogP contribution in [0, 0.1) is 12.8 Å². The molecule has 0 aliphatic heterocycles. The molecule has 0 aromatic heterocycles. The highest BCUT2D eigenvalue weighted by atomic mass is 16.2. The average molecular weight is 471 g/mol. The van der Waals surface area contributed by atoms with Gasteiger partial charge in [-0.2, -0.15) is 0 Å². The third-order valence-electron chi connectivity index (χ3n) is 5.92. The van der Waals surface area contributed by atoms with Crippen LogP contribution in [0.1, 0.15) is 30.4 Å². The van der Waals surface area contributed by atoms with Crippen molar-refractivity contribution in [1.29, 1.82) is 0 Å². The van der Waals surface area contributed by atoms with Crippen LogP contribution in [0.2, 0.25) is 0 Å². The molecule has 1 saturated carbocycles. The van der Waals surface area contributed by atoms with Gasteiger partial charge in [-0.15, -0.1) is 0 Å². The molecule has 0 heterocycles. The molecule has 3 amide bonds. The molecular formula is C28H30N4O3. The number of carbonyl (C=O) groups excluding carboxylic acids is 3. The van der Waals surface area contributed by atoms with Gasteiger partial charge < -0.3 is 21.3 Å². The number of aryl methyl sites for hydroxylation is 1. The van der Waals surface area contributed by atoms with E-state index in [2.05, 4.69) is 21.3 Å². The lowest BCUT2D eigenvalue weighted by Crippen LogP contribution is -2.22. The van der Waals surface area contributed by atoms with E-state index >= 15 is 0 Å². The lowest BCUT2D eigenvalue weighted by Gasteiger charge is -2.14. The van der Waals surface area contributed by atoms with Crippen LogP contribution in [-0.2, 0) is 20.8 Å². The van der Waals surface area contributed by atoms with Gasteiger partial charge in [0.25, 0.3) is 0 Å². The minimum absolute atomic E-state index is 0.0545. The monoisotopic (exact) mass is 470 g/mol. The smallest absolute Gasteiger partial charge is 0.243 e. The standard InChI is InChI=1S/C28H30N4O3/c1-19-24(8-5-9-25(19)32-28(35)21-11-12-21)29-18-27(34)31-23-15-13-22(14-16-23)30-26(33)17-10-20-6-3-2-4-7-20/h2-9,13-16,21,29H,10-12,17-18H2,1H3,(H,30,33)(H,31,34)(H,32,35). The van der Waals surface area contributed by atoms with Crippen molar-refractivity contribution in [2.75, 3.05) is 27.8 Å². The predicted octanol–water partition coefficient (Wildman–Crippen LogP) is 4.97. The van der Waals surface area contributed by atoms with E-state index in [4.69, 9.17) is 0 Å². The molecule has 0 spiro atoms. The highest BCUT2D eigenvalue weighted by Crippen LogP contribution is 2.31. The molecule has 35 heavy (non-hydrogen) atoms. The molecular weight excluding hydrogens is 440 g/mol. The molecule has 0 atom stereocenters. The number of anilines is 4. The minimum atomic E-state index is -0.198. The van der Waals surface area contributed by atoms with Crippen molar-refractivity contribution in [3.63, 3.8) is 0 Å². The number of carbonyl (C=O) groups is 3. The molecule has 0 bridgehead atoms. The highest BCUT2D eigenvalue weighted by molar-refractivity contribution is 5.97. The maximum atomic E-state index is 12.4. The summed E-state index contributed by atoms with van der Waals surface area (Å²) < 4.78 is 0. The van der Waals surface area contributed by atoms with Crippen molar-refractivity contribution in [1.82, 2.24) is 0 Å². The molecule has 4 N–H and O–H groups in total. The van der Waals surface area contributed by atoms with E-state index in [-0.39, 0.29) is 30.2 Å². The van der Waals surface area contributed by atoms with Crippen LogP contribution in [0.25, 0.3) is 0 Å². The van der Waals surface area contributed by atoms with Crippen molar-refractivity contribution in [2.24, 2.45) is 5.92 Å². The second kappa shape index (κ2) is 11.3. The van der Waals surface area contributed by atoms with E-state index in [0.29, 0.717) is 24.2 Å². The molecule has 3 aromatic carbocycles. The van der Waals surface area contributed by atoms with Crippen LogP contribution in [0.15, 0.2) is 72.8 Å². The molecule has 0 saturated heterocycles. The largest absolute Gasteiger partial charge is 0.376 e. The van der Waals surface area contributed by atoms with E-state index < -0.39 is 0 Å². The number of benzene rings is 3. The third-order valence-corrected chi connectivity index (χ3v) is 5.92. The Kier molecular flexibility index (Phi) is 7.77. The van der Waals surface area contributed by atoms with Gasteiger partial charge in [0.15, 0.2) is 0 Å². The molecule has 1 fully saturated rings. The summed E-state index contributed by atoms with van der Waals surface area (Å²) in [5.41, 5.74) is 4.89. The van der Waals surface area contributed by atoms with Crippen LogP contribution >= 0.6 is 0 Å². The zero-order valence-corrected chi connectivity index (χ0v) is 19.8. The van der Waals surface area contributed by atoms with E-state index in [1.165, 1.54) is 0 Å². The van der Waals surface area contributed by atoms with Gasteiger partial charge in [-0.3, -0.25) is 14.4 Å². The van der Waals surface area contributed by atoms with Gasteiger partial charge in [-0.05, 0) is 73.7 Å². The van der Waals surface area contributed by atoms with E-state index in [9.17, 15) is 14.4 Å². The van der Waals surface area contributed by atoms with Crippen LogP contribution in [-0.4, -0.2) is 24.3 Å². The fourth-order valence-electron chi connectivity index (χ4n) is 3.69. The highest BCUT2D eigenvalue weighted by Gasteiger charge is 2.29. The lowest BCUT2D eigenvalue weighted by molar-refractivity contribution is -0.117. The predicted molar refractivity (Wildman–Crippen MR) is 139 cm³/mol. The molecule has 0 unspecified atom stereocenters. The summed E-state index contributed by atoms with van der Waals surface area (Å²) in [5, 5.41) is 11.8. The van der Waals surface area contributed by atoms with E-state index in [1.54, 1.807) is 24.3 Å². The Bertz CT molecular complexity index is 1190. The number of nitrogens with one attached hydrogen (secondary N) is 4. The summed E-state index contributed by atoms with van der Waals surface area (Å²) in [5.74, 6) is -0.0677. The Morgan fingerprint density at radius 3 is 2.03 bits per heavy atom. The van der Waals surface area contributed by atoms with E-state index in [0.717, 1.165) is 35.3 Å². The second-order valence-electron chi connectivity index (χ2n) is 8.75. The van der Waals surface area contributed by atoms with Gasteiger partial charge >= 0.3 is 0 Å². The number of hydrogen-bond acceptors (Lipinski definition) is 4. The van der Waals surface area contributed by atoms with Crippen LogP contribution in [0.3, 0.4) is 0 Å². The SMILES string of the molecule is Cc1c(NCC(=O)Nc2ccc(NC(=O)CCc3ccccc3)cc2)cccc1NC(=O)C1CC1. The second-order valence-corrected chi connectivity index (χ2v) is 8.75. The Labute approximate surface area is 205 Å². The van der Waals surface area contributed by atoms with Crippen LogP contribution in [0.4, 0.5) is 22.7 Å². The Balaban J connectivity index is 1.23. The van der Waals surface area contributed by atoms with Gasteiger partial charge in [-0.1, -0.05) is 36.4 Å². The molecule has 180 valence electrons. The van der Waals surface area contributed by atoms with Crippen LogP contribution < -0.4 is 21.3 Å². The maximum absolute atomic E-state index is 12.4. The van der Waals surface area contributed by atoms with Crippen molar-refractivity contribution in [3.8, 4) is 0 Å². The summed E-state index contributed by atoms with van der Waals surface area (Å²) in [6, 6.07) is 22.5. The molecule has 7 nitrogen and oxygen atoms in total. The summed E-state index contributed by atoms with van der Waals surface area (Å²) in [6.07, 6.45) is 2.98. The molecule has 4 rings (SSSR count). The minimum Gasteiger partial charge on any atom is -0.376 e. The van der Waals surface area contributed by atoms with Gasteiger partial charge in [-0.25, -0.2) is 0 Å². The van der Waals surface area contributed by atoms with Gasteiger partial charge in [0, 0.05) is 35.1 Å².